The van der Waals surface area contributed by atoms with Crippen LogP contribution in [-0.2, 0) is 9.59 Å². The van der Waals surface area contributed by atoms with Crippen LogP contribution in [0.3, 0.4) is 0 Å². The summed E-state index contributed by atoms with van der Waals surface area (Å²) in [7, 11) is 0. The van der Waals surface area contributed by atoms with E-state index in [-0.39, 0.29) is 11.8 Å². The zero-order valence-electron chi connectivity index (χ0n) is 10.9. The highest BCUT2D eigenvalue weighted by Gasteiger charge is 2.53. The van der Waals surface area contributed by atoms with Crippen LogP contribution in [0.5, 0.6) is 0 Å². The van der Waals surface area contributed by atoms with E-state index in [4.69, 9.17) is 0 Å². The monoisotopic (exact) mass is 250 g/mol. The Balaban J connectivity index is 1.69. The fourth-order valence-corrected chi connectivity index (χ4v) is 3.02. The number of hydrogen-bond acceptors (Lipinski definition) is 2. The Hall–Kier alpha value is -1.06. The van der Waals surface area contributed by atoms with Crippen LogP contribution in [0.4, 0.5) is 0 Å². The maximum atomic E-state index is 12.6. The molecule has 0 aromatic rings. The molecule has 3 fully saturated rings. The van der Waals surface area contributed by atoms with Crippen molar-refractivity contribution in [3.8, 4) is 0 Å². The molecule has 4 heteroatoms. The van der Waals surface area contributed by atoms with Gasteiger partial charge in [0.25, 0.3) is 0 Å². The van der Waals surface area contributed by atoms with Crippen LogP contribution in [0.2, 0.25) is 0 Å². The van der Waals surface area contributed by atoms with Gasteiger partial charge in [-0.25, -0.2) is 0 Å². The van der Waals surface area contributed by atoms with Crippen molar-refractivity contribution in [1.82, 2.24) is 10.2 Å². The third kappa shape index (κ3) is 2.02. The molecule has 0 spiro atoms. The predicted octanol–water partition coefficient (Wildman–Crippen LogP) is 1.45. The minimum Gasteiger partial charge on any atom is -0.352 e. The van der Waals surface area contributed by atoms with Gasteiger partial charge in [-0.1, -0.05) is 6.42 Å². The molecule has 1 N–H and O–H groups in total. The summed E-state index contributed by atoms with van der Waals surface area (Å²) >= 11 is 0. The van der Waals surface area contributed by atoms with E-state index in [1.54, 1.807) is 0 Å². The van der Waals surface area contributed by atoms with Crippen molar-refractivity contribution in [2.24, 2.45) is 5.41 Å². The molecule has 3 rings (SSSR count). The first-order valence-electron chi connectivity index (χ1n) is 7.33. The molecular weight excluding hydrogens is 228 g/mol. The molecule has 0 bridgehead atoms. The van der Waals surface area contributed by atoms with Gasteiger partial charge in [-0.05, 0) is 44.9 Å². The van der Waals surface area contributed by atoms with Gasteiger partial charge >= 0.3 is 0 Å². The lowest BCUT2D eigenvalue weighted by Gasteiger charge is -2.43. The van der Waals surface area contributed by atoms with E-state index < -0.39 is 5.41 Å². The lowest BCUT2D eigenvalue weighted by molar-refractivity contribution is -0.157. The van der Waals surface area contributed by atoms with Gasteiger partial charge in [-0.3, -0.25) is 9.59 Å². The highest BCUT2D eigenvalue weighted by molar-refractivity contribution is 6.06. The van der Waals surface area contributed by atoms with E-state index in [1.165, 1.54) is 6.42 Å². The normalized spacial score (nSPS) is 26.3. The molecule has 0 radical (unpaired) electrons. The Labute approximate surface area is 108 Å². The van der Waals surface area contributed by atoms with Gasteiger partial charge in [-0.15, -0.1) is 0 Å². The van der Waals surface area contributed by atoms with Crippen LogP contribution in [0.25, 0.3) is 0 Å². The van der Waals surface area contributed by atoms with Crippen molar-refractivity contribution in [2.45, 2.75) is 57.4 Å². The van der Waals surface area contributed by atoms with Gasteiger partial charge in [-0.2, -0.15) is 0 Å². The molecule has 18 heavy (non-hydrogen) atoms. The minimum atomic E-state index is -0.695. The fourth-order valence-electron chi connectivity index (χ4n) is 3.02. The number of piperidine rings is 1. The Morgan fingerprint density at radius 2 is 1.67 bits per heavy atom. The summed E-state index contributed by atoms with van der Waals surface area (Å²) in [5.41, 5.74) is -0.695. The third-order valence-corrected chi connectivity index (χ3v) is 4.61. The lowest BCUT2D eigenvalue weighted by atomic mass is 9.66. The predicted molar refractivity (Wildman–Crippen MR) is 67.9 cm³/mol. The Morgan fingerprint density at radius 3 is 2.17 bits per heavy atom. The van der Waals surface area contributed by atoms with E-state index in [0.717, 1.165) is 58.0 Å². The van der Waals surface area contributed by atoms with E-state index >= 15 is 0 Å². The number of rotatable bonds is 3. The first-order chi connectivity index (χ1) is 8.72. The van der Waals surface area contributed by atoms with Crippen LogP contribution in [-0.4, -0.2) is 35.8 Å². The van der Waals surface area contributed by atoms with Crippen LogP contribution in [0.15, 0.2) is 0 Å². The van der Waals surface area contributed by atoms with E-state index in [1.807, 2.05) is 4.90 Å². The van der Waals surface area contributed by atoms with E-state index in [2.05, 4.69) is 5.32 Å². The summed E-state index contributed by atoms with van der Waals surface area (Å²) in [6.45, 7) is 1.69. The molecular formula is C14H22N2O2. The molecule has 1 aliphatic heterocycles. The number of nitrogens with one attached hydrogen (secondary N) is 1. The highest BCUT2D eigenvalue weighted by Crippen LogP contribution is 2.43. The molecule has 0 unspecified atom stereocenters. The average Bonchev–Trinajstić information content (AvgIpc) is 3.12. The second-order valence-corrected chi connectivity index (χ2v) is 6.04. The number of nitrogens with zero attached hydrogens (tertiary/aromatic N) is 1. The highest BCUT2D eigenvalue weighted by atomic mass is 16.2. The summed E-state index contributed by atoms with van der Waals surface area (Å²) < 4.78 is 0. The first kappa shape index (κ1) is 12.0. The third-order valence-electron chi connectivity index (χ3n) is 4.61. The second kappa shape index (κ2) is 4.56. The zero-order valence-corrected chi connectivity index (χ0v) is 10.9. The lowest BCUT2D eigenvalue weighted by Crippen LogP contribution is -2.57. The molecule has 0 aromatic carbocycles. The number of carbonyl (C=O) groups is 2. The van der Waals surface area contributed by atoms with Gasteiger partial charge in [0.05, 0.1) is 0 Å². The Bertz CT molecular complexity index is 353. The SMILES string of the molecule is O=C(NC1CC1)C1(C(=O)N2CCCCC2)CCC1. The topological polar surface area (TPSA) is 49.4 Å². The van der Waals surface area contributed by atoms with Crippen molar-refractivity contribution in [3.05, 3.63) is 0 Å². The summed E-state index contributed by atoms with van der Waals surface area (Å²) in [5.74, 6) is 0.110. The molecule has 3 aliphatic rings. The largest absolute Gasteiger partial charge is 0.352 e. The number of amides is 2. The molecule has 2 aliphatic carbocycles. The fraction of sp³-hybridized carbons (Fsp3) is 0.857. The maximum absolute atomic E-state index is 12.6. The molecule has 4 nitrogen and oxygen atoms in total. The molecule has 1 saturated heterocycles. The molecule has 2 amide bonds. The van der Waals surface area contributed by atoms with Gasteiger partial charge in [0.2, 0.25) is 11.8 Å². The number of hydrogen-bond donors (Lipinski definition) is 1. The summed E-state index contributed by atoms with van der Waals surface area (Å²) in [5, 5.41) is 3.03. The summed E-state index contributed by atoms with van der Waals surface area (Å²) in [6.07, 6.45) is 8.07. The van der Waals surface area contributed by atoms with Crippen molar-refractivity contribution in [1.29, 1.82) is 0 Å². The van der Waals surface area contributed by atoms with Crippen molar-refractivity contribution >= 4 is 11.8 Å². The van der Waals surface area contributed by atoms with Gasteiger partial charge in [0.1, 0.15) is 5.41 Å². The number of carbonyl (C=O) groups excluding carboxylic acids is 2. The molecule has 0 atom stereocenters. The molecule has 0 aromatic heterocycles. The van der Waals surface area contributed by atoms with E-state index in [0.29, 0.717) is 6.04 Å². The minimum absolute atomic E-state index is 0.00632. The molecule has 100 valence electrons. The van der Waals surface area contributed by atoms with Gasteiger partial charge < -0.3 is 10.2 Å². The van der Waals surface area contributed by atoms with Gasteiger partial charge in [0.15, 0.2) is 0 Å². The van der Waals surface area contributed by atoms with Crippen LogP contribution < -0.4 is 5.32 Å². The first-order valence-corrected chi connectivity index (χ1v) is 7.33. The van der Waals surface area contributed by atoms with Crippen molar-refractivity contribution in [3.63, 3.8) is 0 Å². The number of likely N-dealkylation sites (tertiary alicyclic amines) is 1. The standard InChI is InChI=1S/C14H22N2O2/c17-12(15-11-5-6-11)14(7-4-8-14)13(18)16-9-2-1-3-10-16/h11H,1-10H2,(H,15,17). The van der Waals surface area contributed by atoms with Crippen LogP contribution in [0, 0.1) is 5.41 Å². The average molecular weight is 250 g/mol. The zero-order chi connectivity index (χ0) is 12.6. The maximum Gasteiger partial charge on any atom is 0.238 e. The Kier molecular flexibility index (Phi) is 3.04. The summed E-state index contributed by atoms with van der Waals surface area (Å²) in [6, 6.07) is 0.351. The smallest absolute Gasteiger partial charge is 0.238 e. The van der Waals surface area contributed by atoms with Gasteiger partial charge in [0, 0.05) is 19.1 Å². The summed E-state index contributed by atoms with van der Waals surface area (Å²) in [4.78, 5) is 26.9. The van der Waals surface area contributed by atoms with Crippen molar-refractivity contribution in [2.75, 3.05) is 13.1 Å². The molecule has 1 heterocycles. The quantitative estimate of drug-likeness (QED) is 0.771. The Morgan fingerprint density at radius 1 is 1.00 bits per heavy atom. The van der Waals surface area contributed by atoms with Crippen molar-refractivity contribution < 1.29 is 9.59 Å². The van der Waals surface area contributed by atoms with E-state index in [9.17, 15) is 9.59 Å². The van der Waals surface area contributed by atoms with Crippen LogP contribution in [0.1, 0.15) is 51.4 Å². The second-order valence-electron chi connectivity index (χ2n) is 6.04. The molecule has 2 saturated carbocycles. The van der Waals surface area contributed by atoms with Crippen LogP contribution >= 0.6 is 0 Å².